The Labute approximate surface area is 278 Å². The minimum Gasteiger partial charge on any atom is -0.379 e. The molecule has 13 nitrogen and oxygen atoms in total. The van der Waals surface area contributed by atoms with E-state index in [4.69, 9.17) is 43.1 Å². The Kier molecular flexibility index (Phi) is 25.1. The van der Waals surface area contributed by atoms with E-state index in [-0.39, 0.29) is 19.8 Å². The Morgan fingerprint density at radius 3 is 1.26 bits per heavy atom. The number of nitrogens with one attached hydrogen (secondary N) is 2. The average Bonchev–Trinajstić information content (AvgIpc) is 2.89. The molecule has 46 heavy (non-hydrogen) atoms. The first-order chi connectivity index (χ1) is 21.4. The summed E-state index contributed by atoms with van der Waals surface area (Å²) in [5.41, 5.74) is 0.0288. The van der Waals surface area contributed by atoms with Crippen molar-refractivity contribution in [2.45, 2.75) is 136 Å². The number of unbranched alkanes of at least 4 members (excludes halogenated alkanes) is 6. The summed E-state index contributed by atoms with van der Waals surface area (Å²) in [4.78, 5) is 19.2. The van der Waals surface area contributed by atoms with E-state index in [2.05, 4.69) is 0 Å². The van der Waals surface area contributed by atoms with Crippen LogP contribution in [0.15, 0.2) is 0 Å². The van der Waals surface area contributed by atoms with Crippen LogP contribution in [-0.4, -0.2) is 85.3 Å². The van der Waals surface area contributed by atoms with Crippen LogP contribution in [-0.2, 0) is 41.4 Å². The number of phosphoric ester groups is 2. The highest BCUT2D eigenvalue weighted by atomic mass is 31.2. The summed E-state index contributed by atoms with van der Waals surface area (Å²) in [6.07, 6.45) is 11.6. The van der Waals surface area contributed by atoms with Gasteiger partial charge in [0.25, 0.3) is 0 Å². The van der Waals surface area contributed by atoms with E-state index in [9.17, 15) is 18.9 Å². The van der Waals surface area contributed by atoms with Gasteiger partial charge in [0.05, 0.1) is 57.5 Å². The van der Waals surface area contributed by atoms with Crippen LogP contribution >= 0.6 is 15.6 Å². The fraction of sp³-hybridized carbons (Fsp3) is 0.935. The maximum absolute atomic E-state index is 11.8. The molecule has 0 bridgehead atoms. The predicted octanol–water partition coefficient (Wildman–Crippen LogP) is 8.01. The van der Waals surface area contributed by atoms with E-state index in [1.165, 1.54) is 0 Å². The SMILES string of the molecule is CC(C)(C)OP(=O)(O)OCCCCCCCC(=N)CCCCCC(=N)CCCOCCOCCOCCOP(=O)(O)OC(C)(C)C. The van der Waals surface area contributed by atoms with Crippen molar-refractivity contribution in [1.82, 2.24) is 0 Å². The summed E-state index contributed by atoms with van der Waals surface area (Å²) in [5, 5.41) is 16.3. The van der Waals surface area contributed by atoms with Gasteiger partial charge in [-0.1, -0.05) is 25.7 Å². The molecule has 274 valence electrons. The van der Waals surface area contributed by atoms with Gasteiger partial charge in [0.15, 0.2) is 0 Å². The number of hydrogen-bond acceptors (Lipinski definition) is 11. The van der Waals surface area contributed by atoms with Crippen LogP contribution in [0.3, 0.4) is 0 Å². The molecule has 0 aliphatic heterocycles. The van der Waals surface area contributed by atoms with Crippen molar-refractivity contribution >= 4 is 27.1 Å². The molecule has 0 aliphatic carbocycles. The standard InChI is InChI=1S/C31H64N2O11P2/c1-30(2,3)43-45(34,35)41-21-14-9-7-8-11-16-28(32)17-12-10-13-18-29(33)19-15-20-38-22-23-39-24-25-40-26-27-42-46(36,37)44-31(4,5)6/h32-33H,7-27H2,1-6H3,(H,34,35)(H,36,37). The summed E-state index contributed by atoms with van der Waals surface area (Å²) >= 11 is 0. The van der Waals surface area contributed by atoms with Crippen LogP contribution < -0.4 is 0 Å². The van der Waals surface area contributed by atoms with Crippen molar-refractivity contribution in [3.63, 3.8) is 0 Å². The highest BCUT2D eigenvalue weighted by molar-refractivity contribution is 7.47. The molecule has 4 N–H and O–H groups in total. The Morgan fingerprint density at radius 2 is 0.804 bits per heavy atom. The van der Waals surface area contributed by atoms with Gasteiger partial charge in [-0.3, -0.25) is 18.1 Å². The molecule has 0 aromatic heterocycles. The lowest BCUT2D eigenvalue weighted by Crippen LogP contribution is -2.19. The zero-order valence-corrected chi connectivity index (χ0v) is 31.1. The summed E-state index contributed by atoms with van der Waals surface area (Å²) in [6.45, 7) is 12.7. The van der Waals surface area contributed by atoms with Crippen molar-refractivity contribution in [1.29, 1.82) is 10.8 Å². The minimum atomic E-state index is -4.09. The van der Waals surface area contributed by atoms with Crippen LogP contribution in [0.25, 0.3) is 0 Å². The normalized spacial score (nSPS) is 15.0. The lowest BCUT2D eigenvalue weighted by molar-refractivity contribution is 0.00286. The molecule has 0 heterocycles. The largest absolute Gasteiger partial charge is 0.472 e. The molecule has 0 saturated carbocycles. The van der Waals surface area contributed by atoms with Gasteiger partial charge in [0.2, 0.25) is 0 Å². The Morgan fingerprint density at radius 1 is 0.478 bits per heavy atom. The number of rotatable bonds is 31. The fourth-order valence-corrected chi connectivity index (χ4v) is 6.29. The lowest BCUT2D eigenvalue weighted by Gasteiger charge is -2.22. The van der Waals surface area contributed by atoms with Crippen LogP contribution in [0, 0.1) is 10.8 Å². The summed E-state index contributed by atoms with van der Waals surface area (Å²) in [5.74, 6) is 0. The Hall–Kier alpha value is -0.560. The molecule has 0 amide bonds. The minimum absolute atomic E-state index is 0.0524. The van der Waals surface area contributed by atoms with Gasteiger partial charge >= 0.3 is 15.6 Å². The Bertz CT molecular complexity index is 908. The van der Waals surface area contributed by atoms with Gasteiger partial charge in [-0.05, 0) is 99.3 Å². The molecule has 15 heteroatoms. The average molecular weight is 703 g/mol. The fourth-order valence-electron chi connectivity index (χ4n) is 4.14. The molecule has 0 rings (SSSR count). The lowest BCUT2D eigenvalue weighted by atomic mass is 10.0. The number of phosphoric acid groups is 2. The van der Waals surface area contributed by atoms with Crippen molar-refractivity contribution < 1.29 is 51.2 Å². The smallest absolute Gasteiger partial charge is 0.379 e. The van der Waals surface area contributed by atoms with Gasteiger partial charge in [-0.15, -0.1) is 0 Å². The summed E-state index contributed by atoms with van der Waals surface area (Å²) in [6, 6.07) is 0. The van der Waals surface area contributed by atoms with Gasteiger partial charge < -0.3 is 34.8 Å². The molecule has 0 radical (unpaired) electrons. The number of hydrogen-bond donors (Lipinski definition) is 4. The monoisotopic (exact) mass is 702 g/mol. The Balaban J connectivity index is 3.47. The molecule has 0 aromatic carbocycles. The van der Waals surface area contributed by atoms with E-state index in [0.717, 1.165) is 88.5 Å². The summed E-state index contributed by atoms with van der Waals surface area (Å²) in [7, 11) is -8.08. The second-order valence-corrected chi connectivity index (χ2v) is 16.0. The third-order valence-corrected chi connectivity index (χ3v) is 8.68. The van der Waals surface area contributed by atoms with Crippen LogP contribution in [0.1, 0.15) is 125 Å². The zero-order chi connectivity index (χ0) is 35.0. The number of ether oxygens (including phenoxy) is 3. The first-order valence-corrected chi connectivity index (χ1v) is 19.6. The maximum atomic E-state index is 11.8. The van der Waals surface area contributed by atoms with Crippen LogP contribution in [0.5, 0.6) is 0 Å². The molecular weight excluding hydrogens is 638 g/mol. The second-order valence-electron chi connectivity index (χ2n) is 13.2. The van der Waals surface area contributed by atoms with Crippen molar-refractivity contribution in [3.05, 3.63) is 0 Å². The van der Waals surface area contributed by atoms with E-state index < -0.39 is 26.8 Å². The molecule has 0 aliphatic rings. The molecule has 0 aromatic rings. The summed E-state index contributed by atoms with van der Waals surface area (Å²) < 4.78 is 59.7. The van der Waals surface area contributed by atoms with Gasteiger partial charge in [-0.25, -0.2) is 9.13 Å². The van der Waals surface area contributed by atoms with E-state index in [0.29, 0.717) is 39.5 Å². The molecular formula is C31H64N2O11P2. The molecule has 2 unspecified atom stereocenters. The van der Waals surface area contributed by atoms with E-state index in [1.807, 2.05) is 0 Å². The first-order valence-electron chi connectivity index (χ1n) is 16.6. The highest BCUT2D eigenvalue weighted by Crippen LogP contribution is 2.47. The van der Waals surface area contributed by atoms with E-state index in [1.54, 1.807) is 41.5 Å². The van der Waals surface area contributed by atoms with Gasteiger partial charge in [-0.2, -0.15) is 0 Å². The third-order valence-electron chi connectivity index (χ3n) is 6.11. The molecule has 0 fully saturated rings. The molecule has 0 saturated heterocycles. The topological polar surface area (TPSA) is 187 Å². The van der Waals surface area contributed by atoms with Crippen LogP contribution in [0.4, 0.5) is 0 Å². The van der Waals surface area contributed by atoms with E-state index >= 15 is 0 Å². The molecule has 2 atom stereocenters. The zero-order valence-electron chi connectivity index (χ0n) is 29.3. The first kappa shape index (κ1) is 45.4. The maximum Gasteiger partial charge on any atom is 0.472 e. The van der Waals surface area contributed by atoms with Crippen LogP contribution in [0.2, 0.25) is 0 Å². The van der Waals surface area contributed by atoms with Crippen molar-refractivity contribution in [2.24, 2.45) is 0 Å². The predicted molar refractivity (Wildman–Crippen MR) is 181 cm³/mol. The quantitative estimate of drug-likeness (QED) is 0.0311. The molecule has 0 spiro atoms. The van der Waals surface area contributed by atoms with Gasteiger partial charge in [0, 0.05) is 18.0 Å². The third kappa shape index (κ3) is 33.3. The van der Waals surface area contributed by atoms with Gasteiger partial charge in [0.1, 0.15) is 0 Å². The van der Waals surface area contributed by atoms with Crippen molar-refractivity contribution in [2.75, 3.05) is 52.9 Å². The van der Waals surface area contributed by atoms with Crippen molar-refractivity contribution in [3.8, 4) is 0 Å². The highest BCUT2D eigenvalue weighted by Gasteiger charge is 2.29. The second kappa shape index (κ2) is 25.4.